The van der Waals surface area contributed by atoms with E-state index >= 15 is 0 Å². The molecule has 0 bridgehead atoms. The molecular weight excluding hydrogens is 344 g/mol. The van der Waals surface area contributed by atoms with E-state index in [1.165, 1.54) is 5.38 Å². The summed E-state index contributed by atoms with van der Waals surface area (Å²) in [5, 5.41) is 20.1. The predicted molar refractivity (Wildman–Crippen MR) is 93.2 cm³/mol. The fraction of sp³-hybridized carbons (Fsp3) is 0.176. The van der Waals surface area contributed by atoms with Gasteiger partial charge in [0.05, 0.1) is 10.9 Å². The molecule has 0 radical (unpaired) electrons. The fourth-order valence-corrected chi connectivity index (χ4v) is 3.61. The van der Waals surface area contributed by atoms with Gasteiger partial charge in [0, 0.05) is 10.9 Å². The molecule has 2 N–H and O–H groups in total. The Bertz CT molecular complexity index is 1020. The Labute approximate surface area is 145 Å². The number of aromatic nitrogens is 2. The summed E-state index contributed by atoms with van der Waals surface area (Å²) in [7, 11) is 0. The van der Waals surface area contributed by atoms with E-state index in [0.717, 1.165) is 15.9 Å². The number of aromatic carboxylic acids is 1. The lowest BCUT2D eigenvalue weighted by atomic mass is 10.1. The van der Waals surface area contributed by atoms with Crippen LogP contribution < -0.4 is 5.56 Å². The topological polar surface area (TPSA) is 109 Å². The number of aliphatic carboxylic acids is 1. The van der Waals surface area contributed by atoms with Gasteiger partial charge >= 0.3 is 11.9 Å². The molecule has 3 aromatic rings. The minimum atomic E-state index is -1.24. The number of carboxylic acid groups (broad SMARTS) is 2. The molecule has 0 aliphatic rings. The Morgan fingerprint density at radius 2 is 1.92 bits per heavy atom. The lowest BCUT2D eigenvalue weighted by Crippen LogP contribution is -2.32. The Hall–Kier alpha value is -3.00. The van der Waals surface area contributed by atoms with Gasteiger partial charge in [-0.15, -0.1) is 11.3 Å². The Balaban J connectivity index is 2.44. The zero-order chi connectivity index (χ0) is 18.1. The van der Waals surface area contributed by atoms with Crippen LogP contribution in [0.1, 0.15) is 29.7 Å². The van der Waals surface area contributed by atoms with Crippen LogP contribution in [0.4, 0.5) is 0 Å². The Morgan fingerprint density at radius 1 is 1.24 bits per heavy atom. The van der Waals surface area contributed by atoms with Gasteiger partial charge in [0.15, 0.2) is 0 Å². The first-order valence-corrected chi connectivity index (χ1v) is 8.39. The highest BCUT2D eigenvalue weighted by molar-refractivity contribution is 7.17. The van der Waals surface area contributed by atoms with E-state index in [0.29, 0.717) is 5.56 Å². The lowest BCUT2D eigenvalue weighted by Gasteiger charge is -2.18. The maximum absolute atomic E-state index is 13.0. The molecule has 0 saturated carbocycles. The fourth-order valence-electron chi connectivity index (χ4n) is 2.71. The normalized spacial score (nSPS) is 12.2. The molecule has 3 rings (SSSR count). The first-order chi connectivity index (χ1) is 12.0. The first-order valence-electron chi connectivity index (χ1n) is 7.51. The van der Waals surface area contributed by atoms with E-state index in [-0.39, 0.29) is 28.0 Å². The maximum Gasteiger partial charge on any atom is 0.337 e. The molecule has 1 aromatic carbocycles. The van der Waals surface area contributed by atoms with Crippen molar-refractivity contribution in [1.82, 2.24) is 9.55 Å². The number of hydrogen-bond donors (Lipinski definition) is 2. The van der Waals surface area contributed by atoms with Gasteiger partial charge in [0.2, 0.25) is 0 Å². The summed E-state index contributed by atoms with van der Waals surface area (Å²) in [6, 6.07) is 7.63. The number of rotatable bonds is 5. The third kappa shape index (κ3) is 2.80. The SMILES string of the molecule is CCC(C(=O)O)n1c(-c2ccccc2)nc2scc(C(=O)O)c2c1=O. The second-order valence-corrected chi connectivity index (χ2v) is 6.23. The molecule has 1 unspecified atom stereocenters. The smallest absolute Gasteiger partial charge is 0.337 e. The first kappa shape index (κ1) is 16.8. The van der Waals surface area contributed by atoms with Crippen molar-refractivity contribution in [2.45, 2.75) is 19.4 Å². The monoisotopic (exact) mass is 358 g/mol. The summed E-state index contributed by atoms with van der Waals surface area (Å²) in [6.45, 7) is 1.65. The number of benzene rings is 1. The lowest BCUT2D eigenvalue weighted by molar-refractivity contribution is -0.141. The minimum Gasteiger partial charge on any atom is -0.480 e. The van der Waals surface area contributed by atoms with Crippen LogP contribution in [-0.2, 0) is 4.79 Å². The molecule has 2 aromatic heterocycles. The minimum absolute atomic E-state index is 0.0584. The van der Waals surface area contributed by atoms with Crippen molar-refractivity contribution >= 4 is 33.5 Å². The van der Waals surface area contributed by atoms with Crippen molar-refractivity contribution in [3.8, 4) is 11.4 Å². The highest BCUT2D eigenvalue weighted by Gasteiger charge is 2.27. The summed E-state index contributed by atoms with van der Waals surface area (Å²) in [6.07, 6.45) is 0.162. The van der Waals surface area contributed by atoms with Crippen LogP contribution in [0.5, 0.6) is 0 Å². The van der Waals surface area contributed by atoms with Gasteiger partial charge in [-0.25, -0.2) is 14.6 Å². The van der Waals surface area contributed by atoms with E-state index < -0.39 is 23.5 Å². The van der Waals surface area contributed by atoms with Crippen molar-refractivity contribution in [3.63, 3.8) is 0 Å². The number of thiophene rings is 1. The van der Waals surface area contributed by atoms with Gasteiger partial charge < -0.3 is 10.2 Å². The second kappa shape index (κ2) is 6.48. The van der Waals surface area contributed by atoms with E-state index in [4.69, 9.17) is 0 Å². The van der Waals surface area contributed by atoms with Gasteiger partial charge in [0.25, 0.3) is 5.56 Å². The summed E-state index contributed by atoms with van der Waals surface area (Å²) >= 11 is 1.05. The molecule has 0 aliphatic heterocycles. The molecular formula is C17H14N2O5S. The van der Waals surface area contributed by atoms with Crippen LogP contribution in [0.2, 0.25) is 0 Å². The quantitative estimate of drug-likeness (QED) is 0.726. The average molecular weight is 358 g/mol. The number of carboxylic acids is 2. The van der Waals surface area contributed by atoms with Crippen molar-refractivity contribution < 1.29 is 19.8 Å². The molecule has 0 fully saturated rings. The third-order valence-corrected chi connectivity index (χ3v) is 4.76. The Kier molecular flexibility index (Phi) is 4.37. The van der Waals surface area contributed by atoms with Crippen LogP contribution in [0, 0.1) is 0 Å². The summed E-state index contributed by atoms with van der Waals surface area (Å²) in [5.41, 5.74) is -0.227. The predicted octanol–water partition coefficient (Wildman–Crippen LogP) is 2.86. The van der Waals surface area contributed by atoms with E-state index in [2.05, 4.69) is 4.98 Å². The number of hydrogen-bond acceptors (Lipinski definition) is 5. The van der Waals surface area contributed by atoms with E-state index in [9.17, 15) is 24.6 Å². The summed E-state index contributed by atoms with van der Waals surface area (Å²) in [5.74, 6) is -2.20. The zero-order valence-corrected chi connectivity index (χ0v) is 14.0. The van der Waals surface area contributed by atoms with Crippen LogP contribution in [-0.4, -0.2) is 31.7 Å². The van der Waals surface area contributed by atoms with E-state index in [1.807, 2.05) is 0 Å². The van der Waals surface area contributed by atoms with Crippen molar-refractivity contribution in [1.29, 1.82) is 0 Å². The largest absolute Gasteiger partial charge is 0.480 e. The zero-order valence-electron chi connectivity index (χ0n) is 13.2. The van der Waals surface area contributed by atoms with Gasteiger partial charge in [-0.2, -0.15) is 0 Å². The average Bonchev–Trinajstić information content (AvgIpc) is 3.02. The van der Waals surface area contributed by atoms with Crippen molar-refractivity contribution in [3.05, 3.63) is 51.6 Å². The molecule has 2 heterocycles. The van der Waals surface area contributed by atoms with Crippen LogP contribution in [0.15, 0.2) is 40.5 Å². The number of fused-ring (bicyclic) bond motifs is 1. The van der Waals surface area contributed by atoms with Crippen LogP contribution in [0.3, 0.4) is 0 Å². The highest BCUT2D eigenvalue weighted by Crippen LogP contribution is 2.27. The molecule has 0 aliphatic carbocycles. The van der Waals surface area contributed by atoms with Gasteiger partial charge in [-0.1, -0.05) is 37.3 Å². The molecule has 0 amide bonds. The van der Waals surface area contributed by atoms with Gasteiger partial charge in [0.1, 0.15) is 16.7 Å². The third-order valence-electron chi connectivity index (χ3n) is 3.89. The number of nitrogens with zero attached hydrogens (tertiary/aromatic N) is 2. The molecule has 128 valence electrons. The van der Waals surface area contributed by atoms with Gasteiger partial charge in [-0.3, -0.25) is 9.36 Å². The summed E-state index contributed by atoms with van der Waals surface area (Å²) in [4.78, 5) is 40.7. The molecule has 25 heavy (non-hydrogen) atoms. The van der Waals surface area contributed by atoms with Crippen molar-refractivity contribution in [2.75, 3.05) is 0 Å². The van der Waals surface area contributed by atoms with Crippen molar-refractivity contribution in [2.24, 2.45) is 0 Å². The van der Waals surface area contributed by atoms with Crippen LogP contribution in [0.25, 0.3) is 21.6 Å². The summed E-state index contributed by atoms with van der Waals surface area (Å²) < 4.78 is 1.08. The van der Waals surface area contributed by atoms with Gasteiger partial charge in [-0.05, 0) is 6.42 Å². The molecule has 0 saturated heterocycles. The number of carbonyl (C=O) groups is 2. The highest BCUT2D eigenvalue weighted by atomic mass is 32.1. The second-order valence-electron chi connectivity index (χ2n) is 5.37. The molecule has 1 atom stereocenters. The molecule has 0 spiro atoms. The van der Waals surface area contributed by atoms with Crippen LogP contribution >= 0.6 is 11.3 Å². The maximum atomic E-state index is 13.0. The Morgan fingerprint density at radius 3 is 2.48 bits per heavy atom. The molecule has 7 nitrogen and oxygen atoms in total. The standard InChI is InChI=1S/C17H14N2O5S/c1-2-11(17(23)24)19-13(9-6-4-3-5-7-9)18-14-12(15(19)20)10(8-25-14)16(21)22/h3-8,11H,2H2,1H3,(H,21,22)(H,23,24). The molecule has 8 heteroatoms. The van der Waals surface area contributed by atoms with E-state index in [1.54, 1.807) is 37.3 Å².